The van der Waals surface area contributed by atoms with Crippen LogP contribution in [0.5, 0.6) is 0 Å². The molecule has 0 spiro atoms. The first-order chi connectivity index (χ1) is 33.1. The summed E-state index contributed by atoms with van der Waals surface area (Å²) in [4.78, 5) is 26.5. The van der Waals surface area contributed by atoms with Crippen molar-refractivity contribution in [1.29, 1.82) is 0 Å². The van der Waals surface area contributed by atoms with Crippen LogP contribution in [-0.2, 0) is 28.5 Å². The molecule has 4 aromatic carbocycles. The number of unbranched alkanes of at least 4 members (excludes halogenated alkanes) is 8. The zero-order chi connectivity index (χ0) is 48.2. The van der Waals surface area contributed by atoms with Crippen molar-refractivity contribution in [3.63, 3.8) is 0 Å². The highest BCUT2D eigenvalue weighted by molar-refractivity contribution is 6.07. The van der Waals surface area contributed by atoms with E-state index in [1.807, 2.05) is 60.7 Å². The number of aliphatic hydroxyl groups is 2. The molecular formula is C56H76N4O8. The monoisotopic (exact) mass is 933 g/mol. The first-order valence-corrected chi connectivity index (χ1v) is 25.6. The van der Waals surface area contributed by atoms with Crippen LogP contribution in [0.1, 0.15) is 141 Å². The maximum absolute atomic E-state index is 13.2. The molecule has 6 atom stereocenters. The minimum atomic E-state index is -0.906. The van der Waals surface area contributed by atoms with E-state index in [9.17, 15) is 19.8 Å². The summed E-state index contributed by atoms with van der Waals surface area (Å²) in [7, 11) is 0. The van der Waals surface area contributed by atoms with Gasteiger partial charge in [-0.15, -0.1) is 0 Å². The first kappa shape index (κ1) is 50.4. The molecular weight excluding hydrogens is 857 g/mol. The summed E-state index contributed by atoms with van der Waals surface area (Å²) in [6, 6.07) is 18.2. The van der Waals surface area contributed by atoms with Crippen LogP contribution in [0.15, 0.2) is 85.3 Å². The molecule has 0 radical (unpaired) electrons. The summed E-state index contributed by atoms with van der Waals surface area (Å²) in [5.41, 5.74) is 4.99. The van der Waals surface area contributed by atoms with Crippen LogP contribution in [0.25, 0.3) is 21.5 Å². The Labute approximate surface area is 403 Å². The van der Waals surface area contributed by atoms with Crippen LogP contribution in [-0.4, -0.2) is 85.0 Å². The van der Waals surface area contributed by atoms with Crippen molar-refractivity contribution in [2.75, 3.05) is 47.7 Å². The Balaban J connectivity index is 1.16. The topological polar surface area (TPSA) is 160 Å². The summed E-state index contributed by atoms with van der Waals surface area (Å²) < 4.78 is 23.8. The van der Waals surface area contributed by atoms with E-state index >= 15 is 0 Å². The molecule has 2 aliphatic heterocycles. The largest absolute Gasteiger partial charge is 0.496 e. The third-order valence-electron chi connectivity index (χ3n) is 14.0. The van der Waals surface area contributed by atoms with Gasteiger partial charge in [-0.1, -0.05) is 129 Å². The lowest BCUT2D eigenvalue weighted by molar-refractivity contribution is -0.146. The molecule has 1 aliphatic carbocycles. The molecule has 1 saturated carbocycles. The van der Waals surface area contributed by atoms with Crippen molar-refractivity contribution in [2.24, 2.45) is 0 Å². The van der Waals surface area contributed by atoms with E-state index in [1.54, 1.807) is 0 Å². The lowest BCUT2D eigenvalue weighted by Gasteiger charge is -2.48. The van der Waals surface area contributed by atoms with Crippen molar-refractivity contribution in [3.8, 4) is 0 Å². The number of carbonyl (C=O) groups excluding carboxylic acids is 2. The van der Waals surface area contributed by atoms with Crippen molar-refractivity contribution in [3.05, 3.63) is 96.5 Å². The van der Waals surface area contributed by atoms with Crippen LogP contribution < -0.4 is 21.3 Å². The highest BCUT2D eigenvalue weighted by atomic mass is 16.5. The van der Waals surface area contributed by atoms with Crippen molar-refractivity contribution in [1.82, 2.24) is 0 Å². The van der Waals surface area contributed by atoms with Crippen LogP contribution in [0.3, 0.4) is 0 Å². The fraction of sp³-hybridized carbons (Fsp3) is 0.536. The van der Waals surface area contributed by atoms with Crippen LogP contribution in [0, 0.1) is 0 Å². The molecule has 4 aromatic rings. The molecule has 12 heteroatoms. The van der Waals surface area contributed by atoms with E-state index in [0.29, 0.717) is 37.9 Å². The number of anilines is 4. The van der Waals surface area contributed by atoms with E-state index in [2.05, 4.69) is 62.1 Å². The van der Waals surface area contributed by atoms with Gasteiger partial charge in [0, 0.05) is 45.4 Å². The van der Waals surface area contributed by atoms with E-state index in [-0.39, 0.29) is 36.9 Å². The fourth-order valence-corrected chi connectivity index (χ4v) is 10.2. The smallest absolute Gasteiger partial charge is 0.307 e. The number of carbonyl (C=O) groups is 2. The second-order valence-corrected chi connectivity index (χ2v) is 18.9. The molecule has 12 nitrogen and oxygen atoms in total. The number of benzene rings is 4. The number of hydrogen-bond acceptors (Lipinski definition) is 12. The molecule has 368 valence electrons. The van der Waals surface area contributed by atoms with Gasteiger partial charge in [0.05, 0.1) is 63.6 Å². The van der Waals surface area contributed by atoms with Crippen molar-refractivity contribution < 1.29 is 38.7 Å². The summed E-state index contributed by atoms with van der Waals surface area (Å²) in [6.07, 6.45) is 10.1. The second kappa shape index (κ2) is 24.2. The molecule has 2 heterocycles. The van der Waals surface area contributed by atoms with Gasteiger partial charge in [0.25, 0.3) is 0 Å². The molecule has 68 heavy (non-hydrogen) atoms. The molecule has 1 fully saturated rings. The van der Waals surface area contributed by atoms with Gasteiger partial charge in [-0.2, -0.15) is 0 Å². The normalized spacial score (nSPS) is 22.6. The minimum Gasteiger partial charge on any atom is -0.496 e. The molecule has 3 aliphatic rings. The van der Waals surface area contributed by atoms with Crippen LogP contribution >= 0.6 is 0 Å². The zero-order valence-electron chi connectivity index (χ0n) is 40.9. The van der Waals surface area contributed by atoms with Gasteiger partial charge < -0.3 is 50.4 Å². The summed E-state index contributed by atoms with van der Waals surface area (Å²) >= 11 is 0. The van der Waals surface area contributed by atoms with Crippen molar-refractivity contribution >= 4 is 56.2 Å². The number of ether oxygens (including phenoxy) is 4. The molecule has 7 rings (SSSR count). The van der Waals surface area contributed by atoms with Gasteiger partial charge in [0.15, 0.2) is 0 Å². The Hall–Kier alpha value is -5.46. The fourth-order valence-electron chi connectivity index (χ4n) is 10.2. The van der Waals surface area contributed by atoms with Gasteiger partial charge in [0.1, 0.15) is 23.6 Å². The molecule has 0 saturated heterocycles. The van der Waals surface area contributed by atoms with Crippen molar-refractivity contribution in [2.45, 2.75) is 166 Å². The highest BCUT2D eigenvalue weighted by Gasteiger charge is 2.52. The maximum Gasteiger partial charge on any atom is 0.307 e. The summed E-state index contributed by atoms with van der Waals surface area (Å²) in [5, 5.41) is 42.8. The Kier molecular flexibility index (Phi) is 17.9. The number of hydrogen-bond donors (Lipinski definition) is 6. The number of esters is 2. The number of rotatable bonds is 26. The average Bonchev–Trinajstić information content (AvgIpc) is 3.60. The molecule has 6 unspecified atom stereocenters. The average molecular weight is 933 g/mol. The van der Waals surface area contributed by atoms with Gasteiger partial charge in [-0.3, -0.25) is 9.59 Å². The van der Waals surface area contributed by atoms with Gasteiger partial charge in [0.2, 0.25) is 0 Å². The van der Waals surface area contributed by atoms with Gasteiger partial charge in [-0.25, -0.2) is 0 Å². The predicted octanol–water partition coefficient (Wildman–Crippen LogP) is 11.4. The minimum absolute atomic E-state index is 0.0514. The SMILES string of the molecule is C=C(OCCCCC)C1Nc2cccc3c(C4C(O)C(c5ccc6c7c(cccc57)NC(CC(=O)OCCCCC)C(CC(=O)OCCCCC)N6)C4O)ccc(c23)NC1C(=C)OCCCCC. The van der Waals surface area contributed by atoms with Crippen LogP contribution in [0.2, 0.25) is 0 Å². The third kappa shape index (κ3) is 11.5. The van der Waals surface area contributed by atoms with E-state index in [1.165, 1.54) is 0 Å². The lowest BCUT2D eigenvalue weighted by Crippen LogP contribution is -2.51. The summed E-state index contributed by atoms with van der Waals surface area (Å²) in [5.74, 6) is -0.620. The van der Waals surface area contributed by atoms with E-state index < -0.39 is 36.1 Å². The first-order valence-electron chi connectivity index (χ1n) is 25.6. The predicted molar refractivity (Wildman–Crippen MR) is 274 cm³/mol. The Morgan fingerprint density at radius 2 is 0.838 bits per heavy atom. The Morgan fingerprint density at radius 1 is 0.485 bits per heavy atom. The van der Waals surface area contributed by atoms with Crippen LogP contribution in [0.4, 0.5) is 22.7 Å². The molecule has 0 amide bonds. The quantitative estimate of drug-likeness (QED) is 0.0201. The zero-order valence-corrected chi connectivity index (χ0v) is 40.9. The van der Waals surface area contributed by atoms with E-state index in [4.69, 9.17) is 18.9 Å². The van der Waals surface area contributed by atoms with Gasteiger partial charge >= 0.3 is 11.9 Å². The second-order valence-electron chi connectivity index (χ2n) is 18.9. The maximum atomic E-state index is 13.2. The highest BCUT2D eigenvalue weighted by Crippen LogP contribution is 2.53. The molecule has 6 N–H and O–H groups in total. The number of aliphatic hydroxyl groups excluding tert-OH is 2. The standard InChI is InChI=1S/C56H76N4O8/c1-7-11-15-29-65-35(5)53-54(36(6)66-30-16-12-8-2)60-44-28-26-40(38-22-20-24-42(59-53)50(38)44)52-55(63)51(56(52)64)39-25-27-43-49-37(39)21-19-23-41(49)57-45(33-47(61)67-31-17-13-9-3)46(58-43)34-48(62)68-32-18-14-10-4/h19-28,45-46,51-60,63-64H,5-18,29-34H2,1-4H3. The number of nitrogens with one attached hydrogen (secondary N) is 4. The molecule has 0 aromatic heterocycles. The third-order valence-corrected chi connectivity index (χ3v) is 14.0. The summed E-state index contributed by atoms with van der Waals surface area (Å²) in [6.45, 7) is 19.2. The molecule has 0 bridgehead atoms. The van der Waals surface area contributed by atoms with Gasteiger partial charge in [-0.05, 0) is 71.8 Å². The Morgan fingerprint density at radius 3 is 1.24 bits per heavy atom. The lowest BCUT2D eigenvalue weighted by atomic mass is 9.62. The van der Waals surface area contributed by atoms with E-state index in [0.717, 1.165) is 132 Å². The Bertz CT molecular complexity index is 2280.